The zero-order valence-electron chi connectivity index (χ0n) is 10.1. The van der Waals surface area contributed by atoms with E-state index < -0.39 is 0 Å². The zero-order valence-corrected chi connectivity index (χ0v) is 11.0. The molecule has 0 saturated carbocycles. The van der Waals surface area contributed by atoms with E-state index in [9.17, 15) is 4.79 Å². The molecule has 2 aromatic rings. The third kappa shape index (κ3) is 3.56. The summed E-state index contributed by atoms with van der Waals surface area (Å²) in [6.45, 7) is 2.70. The fourth-order valence-corrected chi connectivity index (χ4v) is 2.24. The van der Waals surface area contributed by atoms with Crippen LogP contribution in [0.3, 0.4) is 0 Å². The van der Waals surface area contributed by atoms with Gasteiger partial charge in [0.15, 0.2) is 0 Å². The number of thiazole rings is 1. The molecule has 1 heterocycles. The number of primary amides is 1. The van der Waals surface area contributed by atoms with Gasteiger partial charge in [0.2, 0.25) is 5.91 Å². The number of nitrogens with one attached hydrogen (secondary N) is 1. The Hall–Kier alpha value is -1.88. The Morgan fingerprint density at radius 2 is 2.11 bits per heavy atom. The quantitative estimate of drug-likeness (QED) is 0.866. The van der Waals surface area contributed by atoms with Crippen LogP contribution in [-0.2, 0) is 17.8 Å². The maximum Gasteiger partial charge on any atom is 0.221 e. The summed E-state index contributed by atoms with van der Waals surface area (Å²) in [6.07, 6.45) is 0.283. The van der Waals surface area contributed by atoms with Crippen molar-refractivity contribution in [3.63, 3.8) is 0 Å². The van der Waals surface area contributed by atoms with E-state index in [4.69, 9.17) is 5.73 Å². The lowest BCUT2D eigenvalue weighted by atomic mass is 10.1. The van der Waals surface area contributed by atoms with Gasteiger partial charge >= 0.3 is 0 Å². The first kappa shape index (κ1) is 12.6. The average molecular weight is 261 g/mol. The molecule has 1 aromatic heterocycles. The summed E-state index contributed by atoms with van der Waals surface area (Å²) in [6, 6.07) is 7.69. The number of benzene rings is 1. The molecule has 0 atom stereocenters. The van der Waals surface area contributed by atoms with E-state index in [0.29, 0.717) is 6.54 Å². The Morgan fingerprint density at radius 1 is 1.39 bits per heavy atom. The molecule has 94 valence electrons. The van der Waals surface area contributed by atoms with Crippen molar-refractivity contribution in [2.24, 2.45) is 5.73 Å². The molecule has 0 aliphatic rings. The van der Waals surface area contributed by atoms with Crippen LogP contribution in [0.1, 0.15) is 16.3 Å². The molecule has 5 heteroatoms. The van der Waals surface area contributed by atoms with Crippen LogP contribution >= 0.6 is 11.3 Å². The zero-order chi connectivity index (χ0) is 13.0. The van der Waals surface area contributed by atoms with Crippen molar-refractivity contribution < 1.29 is 4.79 Å². The molecule has 1 aromatic carbocycles. The van der Waals surface area contributed by atoms with Crippen molar-refractivity contribution >= 4 is 22.9 Å². The first-order valence-electron chi connectivity index (χ1n) is 5.65. The molecule has 0 aliphatic carbocycles. The maximum absolute atomic E-state index is 10.8. The Kier molecular flexibility index (Phi) is 3.94. The molecule has 1 amide bonds. The van der Waals surface area contributed by atoms with Crippen LogP contribution in [0.4, 0.5) is 5.69 Å². The van der Waals surface area contributed by atoms with Crippen molar-refractivity contribution in [3.8, 4) is 0 Å². The highest BCUT2D eigenvalue weighted by Crippen LogP contribution is 2.13. The fourth-order valence-electron chi connectivity index (χ4n) is 1.62. The molecule has 3 N–H and O–H groups in total. The minimum atomic E-state index is -0.311. The molecule has 2 rings (SSSR count). The first-order valence-corrected chi connectivity index (χ1v) is 6.53. The molecule has 0 fully saturated rings. The second-order valence-corrected chi connectivity index (χ2v) is 5.11. The van der Waals surface area contributed by atoms with E-state index >= 15 is 0 Å². The van der Waals surface area contributed by atoms with Crippen LogP contribution in [-0.4, -0.2) is 10.9 Å². The van der Waals surface area contributed by atoms with Crippen molar-refractivity contribution in [1.82, 2.24) is 4.98 Å². The number of carbonyl (C=O) groups is 1. The standard InChI is InChI=1S/C13H15N3OS/c1-9-16-12(8-18-9)7-15-11-4-2-10(3-5-11)6-13(14)17/h2-5,8,15H,6-7H2,1H3,(H2,14,17). The number of anilines is 1. The van der Waals surface area contributed by atoms with E-state index in [2.05, 4.69) is 10.3 Å². The van der Waals surface area contributed by atoms with E-state index in [1.54, 1.807) is 11.3 Å². The Balaban J connectivity index is 1.92. The summed E-state index contributed by atoms with van der Waals surface area (Å²) < 4.78 is 0. The predicted molar refractivity (Wildman–Crippen MR) is 73.5 cm³/mol. The highest BCUT2D eigenvalue weighted by molar-refractivity contribution is 7.09. The van der Waals surface area contributed by atoms with Crippen molar-refractivity contribution in [2.75, 3.05) is 5.32 Å². The van der Waals surface area contributed by atoms with Crippen LogP contribution in [0, 0.1) is 6.92 Å². The van der Waals surface area contributed by atoms with E-state index in [1.807, 2.05) is 36.6 Å². The van der Waals surface area contributed by atoms with Gasteiger partial charge in [-0.2, -0.15) is 0 Å². The predicted octanol–water partition coefficient (Wildman–Crippen LogP) is 2.09. The van der Waals surface area contributed by atoms with E-state index in [1.165, 1.54) is 0 Å². The Labute approximate surface area is 110 Å². The Bertz CT molecular complexity index is 533. The number of hydrogen-bond donors (Lipinski definition) is 2. The second-order valence-electron chi connectivity index (χ2n) is 4.05. The topological polar surface area (TPSA) is 68.0 Å². The minimum absolute atomic E-state index is 0.283. The lowest BCUT2D eigenvalue weighted by Gasteiger charge is -2.05. The van der Waals surface area contributed by atoms with Gasteiger partial charge in [0, 0.05) is 11.1 Å². The highest BCUT2D eigenvalue weighted by Gasteiger charge is 2.00. The number of aryl methyl sites for hydroxylation is 1. The molecule has 0 saturated heterocycles. The molecule has 0 radical (unpaired) electrons. The largest absolute Gasteiger partial charge is 0.379 e. The number of nitrogens with zero attached hydrogens (tertiary/aromatic N) is 1. The number of carbonyl (C=O) groups excluding carboxylic acids is 1. The van der Waals surface area contributed by atoms with Crippen LogP contribution in [0.2, 0.25) is 0 Å². The third-order valence-electron chi connectivity index (χ3n) is 2.47. The molecule has 0 unspecified atom stereocenters. The van der Waals surface area contributed by atoms with Gasteiger partial charge in [-0.05, 0) is 24.6 Å². The number of rotatable bonds is 5. The van der Waals surface area contributed by atoms with Gasteiger partial charge in [-0.1, -0.05) is 12.1 Å². The molecular formula is C13H15N3OS. The molecule has 0 bridgehead atoms. The monoisotopic (exact) mass is 261 g/mol. The SMILES string of the molecule is Cc1nc(CNc2ccc(CC(N)=O)cc2)cs1. The average Bonchev–Trinajstić information content (AvgIpc) is 2.74. The second kappa shape index (κ2) is 5.64. The number of aromatic nitrogens is 1. The summed E-state index contributed by atoms with van der Waals surface area (Å²) in [5.41, 5.74) is 8.11. The van der Waals surface area contributed by atoms with Gasteiger partial charge in [0.1, 0.15) is 0 Å². The van der Waals surface area contributed by atoms with Gasteiger partial charge in [0.05, 0.1) is 23.7 Å². The number of hydrogen-bond acceptors (Lipinski definition) is 4. The first-order chi connectivity index (χ1) is 8.63. The van der Waals surface area contributed by atoms with Gasteiger partial charge in [0.25, 0.3) is 0 Å². The van der Waals surface area contributed by atoms with Crippen molar-refractivity contribution in [2.45, 2.75) is 19.9 Å². The van der Waals surface area contributed by atoms with Crippen LogP contribution in [0.5, 0.6) is 0 Å². The van der Waals surface area contributed by atoms with Crippen LogP contribution in [0.15, 0.2) is 29.6 Å². The molecule has 18 heavy (non-hydrogen) atoms. The summed E-state index contributed by atoms with van der Waals surface area (Å²) in [4.78, 5) is 15.1. The molecule has 0 spiro atoms. The molecule has 4 nitrogen and oxygen atoms in total. The summed E-state index contributed by atoms with van der Waals surface area (Å²) in [5.74, 6) is -0.311. The summed E-state index contributed by atoms with van der Waals surface area (Å²) >= 11 is 1.65. The third-order valence-corrected chi connectivity index (χ3v) is 3.29. The van der Waals surface area contributed by atoms with Crippen LogP contribution in [0.25, 0.3) is 0 Å². The van der Waals surface area contributed by atoms with E-state index in [0.717, 1.165) is 22.0 Å². The smallest absolute Gasteiger partial charge is 0.221 e. The lowest BCUT2D eigenvalue weighted by molar-refractivity contribution is -0.117. The van der Waals surface area contributed by atoms with Gasteiger partial charge in [-0.3, -0.25) is 4.79 Å². The number of nitrogens with two attached hydrogens (primary N) is 1. The van der Waals surface area contributed by atoms with Crippen LogP contribution < -0.4 is 11.1 Å². The number of amides is 1. The lowest BCUT2D eigenvalue weighted by Crippen LogP contribution is -2.13. The summed E-state index contributed by atoms with van der Waals surface area (Å²) in [5, 5.41) is 6.40. The molecule has 0 aliphatic heterocycles. The fraction of sp³-hybridized carbons (Fsp3) is 0.231. The summed E-state index contributed by atoms with van der Waals surface area (Å²) in [7, 11) is 0. The highest BCUT2D eigenvalue weighted by atomic mass is 32.1. The molecular weight excluding hydrogens is 246 g/mol. The van der Waals surface area contributed by atoms with Gasteiger partial charge in [-0.25, -0.2) is 4.98 Å². The van der Waals surface area contributed by atoms with Gasteiger partial charge < -0.3 is 11.1 Å². The van der Waals surface area contributed by atoms with Gasteiger partial charge in [-0.15, -0.1) is 11.3 Å². The Morgan fingerprint density at radius 3 is 2.67 bits per heavy atom. The van der Waals surface area contributed by atoms with E-state index in [-0.39, 0.29) is 12.3 Å². The maximum atomic E-state index is 10.8. The minimum Gasteiger partial charge on any atom is -0.379 e. The van der Waals surface area contributed by atoms with Crippen molar-refractivity contribution in [3.05, 3.63) is 45.9 Å². The van der Waals surface area contributed by atoms with Crippen molar-refractivity contribution in [1.29, 1.82) is 0 Å². The normalized spacial score (nSPS) is 10.3.